The van der Waals surface area contributed by atoms with Crippen molar-refractivity contribution in [2.24, 2.45) is 11.8 Å². The zero-order valence-corrected chi connectivity index (χ0v) is 21.8. The van der Waals surface area contributed by atoms with Gasteiger partial charge >= 0.3 is 0 Å². The molecule has 0 aromatic heterocycles. The molecule has 1 aromatic carbocycles. The molecule has 1 saturated heterocycles. The molecule has 194 valence electrons. The number of likely N-dealkylation sites (N-methyl/N-ethyl adjacent to an activating group) is 1. The molecular weight excluding hydrogens is 444 g/mol. The maximum atomic E-state index is 13.8. The van der Waals surface area contributed by atoms with Crippen LogP contribution in [0.3, 0.4) is 0 Å². The number of nitrogens with one attached hydrogen (secondary N) is 1. The molecule has 0 unspecified atom stereocenters. The van der Waals surface area contributed by atoms with E-state index in [9.17, 15) is 19.6 Å². The van der Waals surface area contributed by atoms with E-state index < -0.39 is 11.9 Å². The average Bonchev–Trinajstić information content (AvgIpc) is 3.26. The second-order valence-corrected chi connectivity index (χ2v) is 10.2. The van der Waals surface area contributed by atoms with Gasteiger partial charge in [-0.2, -0.15) is 0 Å². The number of benzene rings is 1. The summed E-state index contributed by atoms with van der Waals surface area (Å²) in [6.45, 7) is 9.13. The van der Waals surface area contributed by atoms with Crippen molar-refractivity contribution < 1.29 is 19.6 Å². The summed E-state index contributed by atoms with van der Waals surface area (Å²) in [6.07, 6.45) is 6.28. The topological polar surface area (TPSA) is 93.2 Å². The lowest BCUT2D eigenvalue weighted by Crippen LogP contribution is -2.62. The standard InChI is InChI=1S/C27H42N4O4/c1-20(2)16-17-25(32)31(30(19-21(3)4)27(34)24-15-10-18-29(24)5)23(26(33)28-35)14-9-13-22-11-7-6-8-12-22/h6-9,11-13,20-21,23-24,35H,10,14-19H2,1-5H3,(H,28,33)/t23-,24+/m0/s1. The molecule has 1 aromatic rings. The SMILES string of the molecule is CC(C)CCC(=O)N([C@@H](CC=Cc1ccccc1)C(=O)NO)N(CC(C)C)C(=O)[C@H]1CCCN1C. The number of hydrazine groups is 1. The number of likely N-dealkylation sites (tertiary alicyclic amines) is 1. The highest BCUT2D eigenvalue weighted by atomic mass is 16.5. The molecule has 1 aliphatic heterocycles. The van der Waals surface area contributed by atoms with Crippen LogP contribution >= 0.6 is 0 Å². The zero-order chi connectivity index (χ0) is 26.0. The Labute approximate surface area is 209 Å². The first-order valence-corrected chi connectivity index (χ1v) is 12.6. The Balaban J connectivity index is 2.45. The molecule has 8 nitrogen and oxygen atoms in total. The highest BCUT2D eigenvalue weighted by molar-refractivity contribution is 5.90. The van der Waals surface area contributed by atoms with Crippen molar-refractivity contribution in [3.63, 3.8) is 0 Å². The van der Waals surface area contributed by atoms with E-state index in [0.29, 0.717) is 25.3 Å². The minimum atomic E-state index is -1.06. The molecule has 2 N–H and O–H groups in total. The summed E-state index contributed by atoms with van der Waals surface area (Å²) in [4.78, 5) is 42.3. The van der Waals surface area contributed by atoms with Gasteiger partial charge in [0.05, 0.1) is 6.04 Å². The number of nitrogens with zero attached hydrogens (tertiary/aromatic N) is 3. The van der Waals surface area contributed by atoms with Crippen LogP contribution in [0.4, 0.5) is 0 Å². The Bertz CT molecular complexity index is 856. The predicted octanol–water partition coefficient (Wildman–Crippen LogP) is 3.72. The first-order chi connectivity index (χ1) is 16.6. The lowest BCUT2D eigenvalue weighted by atomic mass is 10.1. The zero-order valence-electron chi connectivity index (χ0n) is 21.8. The summed E-state index contributed by atoms with van der Waals surface area (Å²) in [5.74, 6) is -0.834. The fourth-order valence-electron chi connectivity index (χ4n) is 4.32. The minimum absolute atomic E-state index is 0.0729. The van der Waals surface area contributed by atoms with Gasteiger partial charge in [-0.15, -0.1) is 0 Å². The van der Waals surface area contributed by atoms with Crippen molar-refractivity contribution in [1.82, 2.24) is 20.4 Å². The van der Waals surface area contributed by atoms with Crippen molar-refractivity contribution in [1.29, 1.82) is 0 Å². The van der Waals surface area contributed by atoms with Crippen LogP contribution in [-0.2, 0) is 14.4 Å². The second kappa shape index (κ2) is 14.0. The van der Waals surface area contributed by atoms with Gasteiger partial charge in [0, 0.05) is 13.0 Å². The number of amides is 3. The van der Waals surface area contributed by atoms with Crippen LogP contribution in [0.2, 0.25) is 0 Å². The minimum Gasteiger partial charge on any atom is -0.295 e. The largest absolute Gasteiger partial charge is 0.295 e. The summed E-state index contributed by atoms with van der Waals surface area (Å²) in [7, 11) is 1.91. The third-order valence-electron chi connectivity index (χ3n) is 6.23. The maximum absolute atomic E-state index is 13.8. The van der Waals surface area contributed by atoms with E-state index in [1.54, 1.807) is 11.6 Å². The molecular formula is C27H42N4O4. The summed E-state index contributed by atoms with van der Waals surface area (Å²) >= 11 is 0. The summed E-state index contributed by atoms with van der Waals surface area (Å²) in [6, 6.07) is 8.23. The smallest absolute Gasteiger partial charge is 0.268 e. The lowest BCUT2D eigenvalue weighted by molar-refractivity contribution is -0.177. The van der Waals surface area contributed by atoms with Gasteiger partial charge < -0.3 is 0 Å². The molecule has 35 heavy (non-hydrogen) atoms. The van der Waals surface area contributed by atoms with Gasteiger partial charge in [-0.3, -0.25) is 24.5 Å². The van der Waals surface area contributed by atoms with Crippen molar-refractivity contribution in [3.8, 4) is 0 Å². The Morgan fingerprint density at radius 2 is 1.83 bits per heavy atom. The number of hydrogen-bond donors (Lipinski definition) is 2. The summed E-state index contributed by atoms with van der Waals surface area (Å²) in [5.41, 5.74) is 2.68. The van der Waals surface area contributed by atoms with Crippen LogP contribution in [0.25, 0.3) is 6.08 Å². The monoisotopic (exact) mass is 486 g/mol. The van der Waals surface area contributed by atoms with Crippen molar-refractivity contribution in [2.75, 3.05) is 20.1 Å². The first-order valence-electron chi connectivity index (χ1n) is 12.6. The van der Waals surface area contributed by atoms with Crippen LogP contribution in [0, 0.1) is 11.8 Å². The highest BCUT2D eigenvalue weighted by Crippen LogP contribution is 2.23. The molecule has 0 aliphatic carbocycles. The van der Waals surface area contributed by atoms with E-state index in [1.165, 1.54) is 10.0 Å². The fraction of sp³-hybridized carbons (Fsp3) is 0.593. The van der Waals surface area contributed by atoms with E-state index in [4.69, 9.17) is 0 Å². The van der Waals surface area contributed by atoms with Crippen LogP contribution in [-0.4, -0.2) is 70.1 Å². The third kappa shape index (κ3) is 8.47. The number of hydrogen-bond acceptors (Lipinski definition) is 5. The Morgan fingerprint density at radius 3 is 2.37 bits per heavy atom. The molecule has 0 spiro atoms. The molecule has 0 radical (unpaired) electrons. The van der Waals surface area contributed by atoms with Crippen molar-refractivity contribution in [3.05, 3.63) is 42.0 Å². The van der Waals surface area contributed by atoms with Crippen LogP contribution < -0.4 is 5.48 Å². The van der Waals surface area contributed by atoms with Crippen LogP contribution in [0.5, 0.6) is 0 Å². The number of hydroxylamine groups is 1. The molecule has 8 heteroatoms. The van der Waals surface area contributed by atoms with E-state index in [0.717, 1.165) is 18.5 Å². The van der Waals surface area contributed by atoms with Gasteiger partial charge in [-0.05, 0) is 56.7 Å². The fourth-order valence-corrected chi connectivity index (χ4v) is 4.32. The summed E-state index contributed by atoms with van der Waals surface area (Å²) in [5, 5.41) is 12.3. The van der Waals surface area contributed by atoms with Crippen LogP contribution in [0.1, 0.15) is 65.4 Å². The van der Waals surface area contributed by atoms with Gasteiger partial charge in [-0.1, -0.05) is 70.2 Å². The van der Waals surface area contributed by atoms with E-state index in [1.807, 2.05) is 76.1 Å². The van der Waals surface area contributed by atoms with Crippen LogP contribution in [0.15, 0.2) is 36.4 Å². The number of carbonyl (C=O) groups is 3. The Kier molecular flexibility index (Phi) is 11.4. The lowest BCUT2D eigenvalue weighted by Gasteiger charge is -2.42. The quantitative estimate of drug-likeness (QED) is 0.367. The van der Waals surface area contributed by atoms with Gasteiger partial charge in [-0.25, -0.2) is 15.5 Å². The molecule has 3 amide bonds. The molecule has 1 fully saturated rings. The van der Waals surface area contributed by atoms with Gasteiger partial charge in [0.15, 0.2) is 0 Å². The average molecular weight is 487 g/mol. The molecule has 2 atom stereocenters. The molecule has 2 rings (SSSR count). The molecule has 0 bridgehead atoms. The molecule has 0 saturated carbocycles. The normalized spacial score (nSPS) is 17.2. The number of carbonyl (C=O) groups excluding carboxylic acids is 3. The Hall–Kier alpha value is -2.71. The third-order valence-corrected chi connectivity index (χ3v) is 6.23. The van der Waals surface area contributed by atoms with Gasteiger partial charge in [0.1, 0.15) is 6.04 Å². The highest BCUT2D eigenvalue weighted by Gasteiger charge is 2.40. The maximum Gasteiger partial charge on any atom is 0.268 e. The van der Waals surface area contributed by atoms with E-state index in [-0.39, 0.29) is 36.6 Å². The van der Waals surface area contributed by atoms with Crippen molar-refractivity contribution >= 4 is 23.8 Å². The van der Waals surface area contributed by atoms with Gasteiger partial charge in [0.25, 0.3) is 11.8 Å². The number of rotatable bonds is 11. The van der Waals surface area contributed by atoms with Gasteiger partial charge in [0.2, 0.25) is 5.91 Å². The summed E-state index contributed by atoms with van der Waals surface area (Å²) < 4.78 is 0. The van der Waals surface area contributed by atoms with Crippen molar-refractivity contribution in [2.45, 2.75) is 71.9 Å². The molecule has 1 aliphatic rings. The second-order valence-electron chi connectivity index (χ2n) is 10.2. The molecule has 1 heterocycles. The predicted molar refractivity (Wildman–Crippen MR) is 137 cm³/mol. The first kappa shape index (κ1) is 28.5. The van der Waals surface area contributed by atoms with E-state index in [2.05, 4.69) is 0 Å². The Morgan fingerprint density at radius 1 is 1.14 bits per heavy atom. The van der Waals surface area contributed by atoms with E-state index >= 15 is 0 Å².